The van der Waals surface area contributed by atoms with E-state index >= 15 is 9.59 Å². The Morgan fingerprint density at radius 1 is 0.397 bits per heavy atom. The smallest absolute Gasteiger partial charge is 0.337 e. The largest absolute Gasteiger partial charge is 0.459 e. The van der Waals surface area contributed by atoms with E-state index in [2.05, 4.69) is 90.1 Å². The van der Waals surface area contributed by atoms with Crippen LogP contribution in [-0.2, 0) is 41.1 Å². The van der Waals surface area contributed by atoms with Crippen LogP contribution < -0.4 is 20.7 Å². The lowest BCUT2D eigenvalue weighted by Gasteiger charge is -2.48. The maximum atomic E-state index is 15.2. The fourth-order valence-corrected chi connectivity index (χ4v) is 17.1. The minimum Gasteiger partial charge on any atom is -0.459 e. The number of benzene rings is 6. The van der Waals surface area contributed by atoms with Crippen molar-refractivity contribution in [3.8, 4) is 0 Å². The summed E-state index contributed by atoms with van der Waals surface area (Å²) in [6.45, 7) is 12.8. The van der Waals surface area contributed by atoms with Gasteiger partial charge in [-0.1, -0.05) is 224 Å². The Hall–Kier alpha value is -5.39. The molecule has 0 amide bonds. The Balaban J connectivity index is 1.61. The first-order valence-electron chi connectivity index (χ1n) is 19.9. The van der Waals surface area contributed by atoms with Gasteiger partial charge in [-0.05, 0) is 42.0 Å². The van der Waals surface area contributed by atoms with Gasteiger partial charge in [-0.15, -0.1) is 0 Å². The predicted octanol–water partition coefficient (Wildman–Crippen LogP) is 8.36. The van der Waals surface area contributed by atoms with Gasteiger partial charge < -0.3 is 18.3 Å². The molecule has 58 heavy (non-hydrogen) atoms. The molecule has 0 bridgehead atoms. The molecule has 0 unspecified atom stereocenters. The lowest BCUT2D eigenvalue weighted by Crippen LogP contribution is -2.72. The van der Waals surface area contributed by atoms with Gasteiger partial charge in [-0.3, -0.25) is 0 Å². The molecule has 0 aliphatic carbocycles. The van der Waals surface area contributed by atoms with Gasteiger partial charge in [0, 0.05) is 0 Å². The van der Waals surface area contributed by atoms with E-state index < -0.39 is 50.9 Å². The van der Waals surface area contributed by atoms with E-state index in [4.69, 9.17) is 18.3 Å². The molecule has 6 rings (SSSR count). The number of hydrogen-bond donors (Lipinski definition) is 0. The second-order valence-electron chi connectivity index (χ2n) is 16.6. The van der Waals surface area contributed by atoms with Crippen molar-refractivity contribution in [3.63, 3.8) is 0 Å². The molecule has 8 heteroatoms. The van der Waals surface area contributed by atoms with Gasteiger partial charge in [0.25, 0.3) is 16.6 Å². The summed E-state index contributed by atoms with van der Waals surface area (Å²) in [6, 6.07) is 59.3. The van der Waals surface area contributed by atoms with Gasteiger partial charge in [-0.25, -0.2) is 9.59 Å². The standard InChI is InChI=1S/C50H54O6Si2/c1-49(2,3)57(41-29-17-9-18-30-41,42-31-19-10-20-32-42)55-45(47(51)53-37-39-25-13-7-14-26-39)46(48(52)54-38-40-27-15-8-16-28-40)56-58(50(4,5)6,43-33-21-11-22-34-43)44-35-23-12-24-36-44/h7-36,45-46H,37-38H2,1-6H3/t45-,46-/m1/s1. The number of rotatable bonds is 15. The van der Waals surface area contributed by atoms with E-state index in [-0.39, 0.29) is 13.2 Å². The zero-order valence-corrected chi connectivity index (χ0v) is 36.3. The van der Waals surface area contributed by atoms with Crippen LogP contribution in [0.4, 0.5) is 0 Å². The summed E-state index contributed by atoms with van der Waals surface area (Å²) in [5.41, 5.74) is 1.60. The second kappa shape index (κ2) is 18.5. The average Bonchev–Trinajstić information content (AvgIpc) is 3.24. The molecule has 0 spiro atoms. The predicted molar refractivity (Wildman–Crippen MR) is 237 cm³/mol. The van der Waals surface area contributed by atoms with Crippen LogP contribution in [0.5, 0.6) is 0 Å². The van der Waals surface area contributed by atoms with Crippen LogP contribution in [0.3, 0.4) is 0 Å². The zero-order valence-electron chi connectivity index (χ0n) is 34.3. The third-order valence-electron chi connectivity index (χ3n) is 10.6. The molecule has 298 valence electrons. The van der Waals surface area contributed by atoms with Crippen molar-refractivity contribution < 1.29 is 27.9 Å². The van der Waals surface area contributed by atoms with Gasteiger partial charge in [0.2, 0.25) is 0 Å². The SMILES string of the molecule is CC(C)(C)[Si](O[C@@H](C(=O)OCc1ccccc1)[C@@H](O[Si](c1ccccc1)(c1ccccc1)C(C)(C)C)C(=O)OCc1ccccc1)(c1ccccc1)c1ccccc1. The number of carbonyl (C=O) groups excluding carboxylic acids is 2. The summed E-state index contributed by atoms with van der Waals surface area (Å²) in [5.74, 6) is -1.42. The molecule has 0 radical (unpaired) electrons. The van der Waals surface area contributed by atoms with Crippen LogP contribution in [0.2, 0.25) is 10.1 Å². The Morgan fingerprint density at radius 2 is 0.621 bits per heavy atom. The van der Waals surface area contributed by atoms with E-state index in [9.17, 15) is 0 Å². The molecule has 6 aromatic carbocycles. The van der Waals surface area contributed by atoms with Crippen molar-refractivity contribution in [3.05, 3.63) is 193 Å². The topological polar surface area (TPSA) is 71.1 Å². The average molecular weight is 807 g/mol. The summed E-state index contributed by atoms with van der Waals surface area (Å²) in [5, 5.41) is 2.66. The van der Waals surface area contributed by atoms with Crippen molar-refractivity contribution >= 4 is 49.3 Å². The molecule has 0 aromatic heterocycles. The van der Waals surface area contributed by atoms with Crippen molar-refractivity contribution in [1.29, 1.82) is 0 Å². The van der Waals surface area contributed by atoms with E-state index in [0.717, 1.165) is 31.9 Å². The van der Waals surface area contributed by atoms with E-state index in [0.29, 0.717) is 0 Å². The molecule has 0 aliphatic heterocycles. The minimum absolute atomic E-state index is 0.0225. The number of esters is 2. The van der Waals surface area contributed by atoms with Crippen LogP contribution >= 0.6 is 0 Å². The molecule has 2 atom stereocenters. The van der Waals surface area contributed by atoms with E-state index in [1.165, 1.54) is 0 Å². The number of ether oxygens (including phenoxy) is 2. The van der Waals surface area contributed by atoms with Gasteiger partial charge in [0.05, 0.1) is 0 Å². The molecule has 6 aromatic rings. The third-order valence-corrected chi connectivity index (χ3v) is 20.7. The van der Waals surface area contributed by atoms with Gasteiger partial charge in [0.15, 0.2) is 12.2 Å². The lowest BCUT2D eigenvalue weighted by molar-refractivity contribution is -0.171. The number of hydrogen-bond acceptors (Lipinski definition) is 6. The Labute approximate surface area is 346 Å². The van der Waals surface area contributed by atoms with Gasteiger partial charge >= 0.3 is 11.9 Å². The molecule has 0 saturated heterocycles. The molecular weight excluding hydrogens is 753 g/mol. The molecule has 0 saturated carbocycles. The van der Waals surface area contributed by atoms with Crippen LogP contribution in [-0.4, -0.2) is 40.8 Å². The summed E-state index contributed by atoms with van der Waals surface area (Å²) >= 11 is 0. The second-order valence-corrected chi connectivity index (χ2v) is 25.1. The number of carbonyl (C=O) groups is 2. The summed E-state index contributed by atoms with van der Waals surface area (Å²) in [7, 11) is -7.06. The third kappa shape index (κ3) is 9.16. The normalized spacial score (nSPS) is 13.3. The van der Waals surface area contributed by atoms with Crippen LogP contribution in [0.15, 0.2) is 182 Å². The summed E-state index contributed by atoms with van der Waals surface area (Å²) in [4.78, 5) is 30.4. The van der Waals surface area contributed by atoms with Gasteiger partial charge in [0.1, 0.15) is 13.2 Å². The Bertz CT molecular complexity index is 1950. The zero-order chi connectivity index (χ0) is 41.2. The first-order valence-corrected chi connectivity index (χ1v) is 23.7. The summed E-state index contributed by atoms with van der Waals surface area (Å²) < 4.78 is 27.7. The summed E-state index contributed by atoms with van der Waals surface area (Å²) in [6.07, 6.45) is -3.08. The monoisotopic (exact) mass is 806 g/mol. The fraction of sp³-hybridized carbons (Fsp3) is 0.240. The van der Waals surface area contributed by atoms with Gasteiger partial charge in [-0.2, -0.15) is 0 Å². The fourth-order valence-electron chi connectivity index (χ4n) is 7.85. The van der Waals surface area contributed by atoms with E-state index in [1.54, 1.807) is 0 Å². The molecule has 0 heterocycles. The molecular formula is C50H54O6Si2. The Kier molecular flexibility index (Phi) is 13.4. The highest BCUT2D eigenvalue weighted by atomic mass is 28.4. The maximum Gasteiger partial charge on any atom is 0.337 e. The van der Waals surface area contributed by atoms with Crippen molar-refractivity contribution in [2.24, 2.45) is 0 Å². The molecule has 0 N–H and O–H groups in total. The highest BCUT2D eigenvalue weighted by Crippen LogP contribution is 2.41. The molecule has 0 fully saturated rings. The maximum absolute atomic E-state index is 15.2. The molecule has 0 aliphatic rings. The van der Waals surface area contributed by atoms with Crippen LogP contribution in [0.1, 0.15) is 52.7 Å². The highest BCUT2D eigenvalue weighted by Gasteiger charge is 2.58. The Morgan fingerprint density at radius 3 is 0.845 bits per heavy atom. The lowest BCUT2D eigenvalue weighted by atomic mass is 10.2. The first-order chi connectivity index (χ1) is 27.9. The quantitative estimate of drug-likeness (QED) is 0.0768. The van der Waals surface area contributed by atoms with E-state index in [1.807, 2.05) is 133 Å². The van der Waals surface area contributed by atoms with Crippen LogP contribution in [0, 0.1) is 0 Å². The first kappa shape index (κ1) is 42.2. The molecule has 6 nitrogen and oxygen atoms in total. The van der Waals surface area contributed by atoms with Crippen LogP contribution in [0.25, 0.3) is 0 Å². The highest BCUT2D eigenvalue weighted by molar-refractivity contribution is 7.00. The van der Waals surface area contributed by atoms with Crippen molar-refractivity contribution in [2.45, 2.75) is 77.0 Å². The minimum atomic E-state index is -3.53. The van der Waals surface area contributed by atoms with Crippen molar-refractivity contribution in [1.82, 2.24) is 0 Å². The van der Waals surface area contributed by atoms with Crippen molar-refractivity contribution in [2.75, 3.05) is 0 Å².